The molecule has 4 aromatic rings. The van der Waals surface area contributed by atoms with E-state index < -0.39 is 0 Å². The molecule has 0 saturated carbocycles. The van der Waals surface area contributed by atoms with Gasteiger partial charge in [0.2, 0.25) is 0 Å². The third-order valence-electron chi connectivity index (χ3n) is 5.18. The van der Waals surface area contributed by atoms with Crippen molar-refractivity contribution < 1.29 is 4.79 Å². The fraction of sp³-hybridized carbons (Fsp3) is 0.160. The number of benzene rings is 3. The van der Waals surface area contributed by atoms with Crippen LogP contribution in [-0.2, 0) is 6.54 Å². The summed E-state index contributed by atoms with van der Waals surface area (Å²) in [7, 11) is 0. The largest absolute Gasteiger partial charge is 0.344 e. The van der Waals surface area contributed by atoms with Gasteiger partial charge >= 0.3 is 0 Å². The number of hydrogen-bond donors (Lipinski definition) is 1. The van der Waals surface area contributed by atoms with Crippen molar-refractivity contribution in [2.24, 2.45) is 0 Å². The number of fused-ring (bicyclic) bond motifs is 1. The molecule has 30 heavy (non-hydrogen) atoms. The molecule has 0 spiro atoms. The van der Waals surface area contributed by atoms with Crippen molar-refractivity contribution in [1.82, 2.24) is 15.1 Å². The highest BCUT2D eigenvalue weighted by Gasteiger charge is 2.19. The lowest BCUT2D eigenvalue weighted by molar-refractivity contribution is 0.0934. The van der Waals surface area contributed by atoms with Crippen LogP contribution in [0.15, 0.2) is 83.7 Å². The Hall–Kier alpha value is -3.73. The zero-order valence-electron chi connectivity index (χ0n) is 17.0. The summed E-state index contributed by atoms with van der Waals surface area (Å²) in [5, 5.41) is 8.51. The minimum absolute atomic E-state index is 0.187. The number of rotatable bonds is 5. The molecule has 0 fully saturated rings. The first-order valence-electron chi connectivity index (χ1n) is 9.94. The second kappa shape index (κ2) is 8.33. The van der Waals surface area contributed by atoms with Gasteiger partial charge in [0.05, 0.1) is 18.0 Å². The number of nitrogens with one attached hydrogen (secondary N) is 1. The molecule has 1 N–H and O–H groups in total. The summed E-state index contributed by atoms with van der Waals surface area (Å²) in [5.41, 5.74) is 3.16. The monoisotopic (exact) mass is 397 g/mol. The van der Waals surface area contributed by atoms with Crippen molar-refractivity contribution in [3.05, 3.63) is 112 Å². The highest BCUT2D eigenvalue weighted by molar-refractivity contribution is 6.04. The van der Waals surface area contributed by atoms with Crippen LogP contribution in [0.25, 0.3) is 10.8 Å². The topological polar surface area (TPSA) is 64.0 Å². The van der Waals surface area contributed by atoms with Crippen molar-refractivity contribution in [2.45, 2.75) is 26.4 Å². The highest BCUT2D eigenvalue weighted by Crippen LogP contribution is 2.17. The Bertz CT molecular complexity index is 1250. The Kier molecular flexibility index (Phi) is 5.44. The SMILES string of the molecule is Cc1ccc(C(C)NC(=O)c2nn(Cc3ccccc3)c(=O)c3ccccc23)cc1. The number of carbonyl (C=O) groups excluding carboxylic acids is 1. The summed E-state index contributed by atoms with van der Waals surface area (Å²) in [6.45, 7) is 4.27. The molecule has 1 aromatic heterocycles. The number of hydrogen-bond acceptors (Lipinski definition) is 3. The molecule has 1 amide bonds. The Morgan fingerprint density at radius 3 is 2.27 bits per heavy atom. The molecule has 5 heteroatoms. The van der Waals surface area contributed by atoms with E-state index in [4.69, 9.17) is 0 Å². The smallest absolute Gasteiger partial charge is 0.274 e. The molecule has 0 radical (unpaired) electrons. The average Bonchev–Trinajstić information content (AvgIpc) is 2.77. The summed E-state index contributed by atoms with van der Waals surface area (Å²) < 4.78 is 1.36. The van der Waals surface area contributed by atoms with Crippen LogP contribution in [0, 0.1) is 6.92 Å². The fourth-order valence-corrected chi connectivity index (χ4v) is 3.47. The van der Waals surface area contributed by atoms with E-state index in [1.807, 2.05) is 74.5 Å². The summed E-state index contributed by atoms with van der Waals surface area (Å²) in [4.78, 5) is 26.1. The maximum Gasteiger partial charge on any atom is 0.274 e. The van der Waals surface area contributed by atoms with E-state index in [-0.39, 0.29) is 23.2 Å². The van der Waals surface area contributed by atoms with Gasteiger partial charge in [0, 0.05) is 5.39 Å². The molecule has 1 unspecified atom stereocenters. The van der Waals surface area contributed by atoms with Crippen LogP contribution in [0.5, 0.6) is 0 Å². The van der Waals surface area contributed by atoms with Gasteiger partial charge in [-0.15, -0.1) is 0 Å². The van der Waals surface area contributed by atoms with Gasteiger partial charge in [-0.3, -0.25) is 9.59 Å². The van der Waals surface area contributed by atoms with E-state index in [0.29, 0.717) is 17.3 Å². The number of nitrogens with zero attached hydrogens (tertiary/aromatic N) is 2. The number of aryl methyl sites for hydroxylation is 1. The van der Waals surface area contributed by atoms with Crippen LogP contribution in [-0.4, -0.2) is 15.7 Å². The summed E-state index contributed by atoms with van der Waals surface area (Å²) in [6, 6.07) is 24.6. The second-order valence-electron chi connectivity index (χ2n) is 7.45. The Morgan fingerprint density at radius 2 is 1.57 bits per heavy atom. The summed E-state index contributed by atoms with van der Waals surface area (Å²) in [5.74, 6) is -0.305. The van der Waals surface area contributed by atoms with Crippen LogP contribution < -0.4 is 10.9 Å². The van der Waals surface area contributed by atoms with Crippen LogP contribution >= 0.6 is 0 Å². The third kappa shape index (κ3) is 4.01. The normalized spacial score (nSPS) is 11.9. The van der Waals surface area contributed by atoms with E-state index >= 15 is 0 Å². The molecule has 0 saturated heterocycles. The lowest BCUT2D eigenvalue weighted by Gasteiger charge is -2.16. The van der Waals surface area contributed by atoms with Gasteiger partial charge in [0.15, 0.2) is 5.69 Å². The Balaban J connectivity index is 1.71. The molecule has 150 valence electrons. The Labute approximate surface area is 175 Å². The van der Waals surface area contributed by atoms with Crippen LogP contribution in [0.2, 0.25) is 0 Å². The second-order valence-corrected chi connectivity index (χ2v) is 7.45. The maximum atomic E-state index is 13.1. The average molecular weight is 397 g/mol. The van der Waals surface area contributed by atoms with E-state index in [9.17, 15) is 9.59 Å². The van der Waals surface area contributed by atoms with E-state index in [1.165, 1.54) is 4.68 Å². The van der Waals surface area contributed by atoms with E-state index in [0.717, 1.165) is 16.7 Å². The molecular formula is C25H23N3O2. The molecule has 0 aliphatic carbocycles. The third-order valence-corrected chi connectivity index (χ3v) is 5.18. The van der Waals surface area contributed by atoms with Crippen molar-refractivity contribution in [1.29, 1.82) is 0 Å². The van der Waals surface area contributed by atoms with Crippen molar-refractivity contribution in [3.8, 4) is 0 Å². The molecule has 5 nitrogen and oxygen atoms in total. The first-order valence-corrected chi connectivity index (χ1v) is 9.94. The first kappa shape index (κ1) is 19.6. The van der Waals surface area contributed by atoms with Crippen molar-refractivity contribution in [2.75, 3.05) is 0 Å². The minimum Gasteiger partial charge on any atom is -0.344 e. The molecular weight excluding hydrogens is 374 g/mol. The predicted octanol–water partition coefficient (Wildman–Crippen LogP) is 4.24. The Morgan fingerprint density at radius 1 is 0.933 bits per heavy atom. The predicted molar refractivity (Wildman–Crippen MR) is 119 cm³/mol. The van der Waals surface area contributed by atoms with Gasteiger partial charge in [-0.05, 0) is 31.0 Å². The van der Waals surface area contributed by atoms with Crippen LogP contribution in [0.3, 0.4) is 0 Å². The van der Waals surface area contributed by atoms with Gasteiger partial charge < -0.3 is 5.32 Å². The first-order chi connectivity index (χ1) is 14.5. The van der Waals surface area contributed by atoms with Gasteiger partial charge in [-0.25, -0.2) is 4.68 Å². The molecule has 1 heterocycles. The molecule has 1 atom stereocenters. The van der Waals surface area contributed by atoms with Crippen molar-refractivity contribution >= 4 is 16.7 Å². The molecule has 0 bridgehead atoms. The molecule has 3 aromatic carbocycles. The zero-order valence-corrected chi connectivity index (χ0v) is 17.0. The lowest BCUT2D eigenvalue weighted by atomic mass is 10.1. The maximum absolute atomic E-state index is 13.1. The van der Waals surface area contributed by atoms with Gasteiger partial charge in [-0.1, -0.05) is 78.4 Å². The molecule has 0 aliphatic rings. The standard InChI is InChI=1S/C25H23N3O2/c1-17-12-14-20(15-13-17)18(2)26-24(29)23-21-10-6-7-11-22(21)25(30)28(27-23)16-19-8-4-3-5-9-19/h3-15,18H,16H2,1-2H3,(H,26,29). The lowest BCUT2D eigenvalue weighted by Crippen LogP contribution is -2.32. The zero-order chi connectivity index (χ0) is 21.1. The van der Waals surface area contributed by atoms with Gasteiger partial charge in [0.25, 0.3) is 11.5 Å². The number of carbonyl (C=O) groups is 1. The van der Waals surface area contributed by atoms with E-state index in [1.54, 1.807) is 18.2 Å². The molecule has 0 aliphatic heterocycles. The van der Waals surface area contributed by atoms with Gasteiger partial charge in [0.1, 0.15) is 0 Å². The van der Waals surface area contributed by atoms with Crippen LogP contribution in [0.4, 0.5) is 0 Å². The highest BCUT2D eigenvalue weighted by atomic mass is 16.2. The minimum atomic E-state index is -0.305. The summed E-state index contributed by atoms with van der Waals surface area (Å²) >= 11 is 0. The summed E-state index contributed by atoms with van der Waals surface area (Å²) in [6.07, 6.45) is 0. The van der Waals surface area contributed by atoms with Crippen LogP contribution in [0.1, 0.15) is 40.1 Å². The number of aromatic nitrogens is 2. The van der Waals surface area contributed by atoms with Gasteiger partial charge in [-0.2, -0.15) is 5.10 Å². The quantitative estimate of drug-likeness (QED) is 0.548. The number of amides is 1. The molecule has 4 rings (SSSR count). The van der Waals surface area contributed by atoms with E-state index in [2.05, 4.69) is 10.4 Å². The fourth-order valence-electron chi connectivity index (χ4n) is 3.47. The van der Waals surface area contributed by atoms with Crippen molar-refractivity contribution in [3.63, 3.8) is 0 Å².